The first-order valence-corrected chi connectivity index (χ1v) is 8.13. The average Bonchev–Trinajstić information content (AvgIpc) is 2.65. The molecule has 0 saturated carbocycles. The van der Waals surface area contributed by atoms with Crippen molar-refractivity contribution in [3.05, 3.63) is 71.8 Å². The van der Waals surface area contributed by atoms with Gasteiger partial charge in [-0.25, -0.2) is 4.79 Å². The number of rotatable bonds is 7. The van der Waals surface area contributed by atoms with Gasteiger partial charge in [-0.1, -0.05) is 67.6 Å². The van der Waals surface area contributed by atoms with Crippen molar-refractivity contribution in [1.82, 2.24) is 4.90 Å². The second-order valence-electron chi connectivity index (χ2n) is 5.71. The zero-order valence-electron chi connectivity index (χ0n) is 14.1. The number of ketones is 1. The summed E-state index contributed by atoms with van der Waals surface area (Å²) in [5.74, 6) is 0.0326. The highest BCUT2D eigenvalue weighted by Crippen LogP contribution is 2.14. The Hall–Kier alpha value is -2.62. The first kappa shape index (κ1) is 17.7. The lowest BCUT2D eigenvalue weighted by Gasteiger charge is -2.26. The van der Waals surface area contributed by atoms with Crippen molar-refractivity contribution < 1.29 is 14.3 Å². The molecule has 1 amide bonds. The summed E-state index contributed by atoms with van der Waals surface area (Å²) in [7, 11) is 1.68. The molecule has 126 valence electrons. The van der Waals surface area contributed by atoms with Crippen LogP contribution in [0.4, 0.5) is 4.79 Å². The Kier molecular flexibility index (Phi) is 6.55. The van der Waals surface area contributed by atoms with Gasteiger partial charge in [0.15, 0.2) is 5.78 Å². The van der Waals surface area contributed by atoms with Crippen molar-refractivity contribution in [2.24, 2.45) is 0 Å². The summed E-state index contributed by atoms with van der Waals surface area (Å²) in [6.45, 7) is 2.19. The van der Waals surface area contributed by atoms with E-state index in [1.165, 1.54) is 4.90 Å². The van der Waals surface area contributed by atoms with E-state index in [9.17, 15) is 9.59 Å². The van der Waals surface area contributed by atoms with Crippen molar-refractivity contribution in [3.8, 4) is 0 Å². The van der Waals surface area contributed by atoms with Gasteiger partial charge in [-0.3, -0.25) is 4.79 Å². The largest absolute Gasteiger partial charge is 0.445 e. The number of carbonyl (C=O) groups is 2. The number of nitrogens with zero attached hydrogens (tertiary/aromatic N) is 1. The van der Waals surface area contributed by atoms with Gasteiger partial charge in [0.2, 0.25) is 0 Å². The maximum atomic E-state index is 12.3. The normalized spacial score (nSPS) is 11.6. The molecule has 2 aromatic carbocycles. The lowest BCUT2D eigenvalue weighted by molar-refractivity contribution is 0.0808. The topological polar surface area (TPSA) is 46.6 Å². The Morgan fingerprint density at radius 3 is 2.17 bits per heavy atom. The maximum absolute atomic E-state index is 12.3. The molecule has 0 N–H and O–H groups in total. The molecule has 0 aliphatic carbocycles. The zero-order chi connectivity index (χ0) is 17.4. The number of hydrogen-bond donors (Lipinski definition) is 0. The molecule has 0 aliphatic rings. The molecule has 0 heterocycles. The third-order valence-electron chi connectivity index (χ3n) is 4.03. The molecule has 24 heavy (non-hydrogen) atoms. The van der Waals surface area contributed by atoms with Crippen molar-refractivity contribution >= 4 is 11.9 Å². The Bertz CT molecular complexity index is 655. The Labute approximate surface area is 143 Å². The van der Waals surface area contributed by atoms with Crippen LogP contribution < -0.4 is 0 Å². The smallest absolute Gasteiger partial charge is 0.410 e. The highest BCUT2D eigenvalue weighted by Gasteiger charge is 2.22. The Morgan fingerprint density at radius 2 is 1.58 bits per heavy atom. The number of benzene rings is 2. The molecule has 4 heteroatoms. The standard InChI is InChI=1S/C20H23NO3/c1-3-18(14-19(22)17-12-8-5-9-13-17)21(2)20(23)24-15-16-10-6-4-7-11-16/h4-13,18H,3,14-15H2,1-2H3. The molecule has 0 spiro atoms. The molecule has 1 atom stereocenters. The number of hydrogen-bond acceptors (Lipinski definition) is 3. The van der Waals surface area contributed by atoms with Crippen LogP contribution >= 0.6 is 0 Å². The highest BCUT2D eigenvalue weighted by molar-refractivity contribution is 5.96. The third kappa shape index (κ3) is 4.95. The fourth-order valence-electron chi connectivity index (χ4n) is 2.48. The minimum atomic E-state index is -0.411. The lowest BCUT2D eigenvalue weighted by Crippen LogP contribution is -2.38. The maximum Gasteiger partial charge on any atom is 0.410 e. The summed E-state index contributed by atoms with van der Waals surface area (Å²) in [5.41, 5.74) is 1.61. The molecule has 2 aromatic rings. The van der Waals surface area contributed by atoms with E-state index in [0.29, 0.717) is 12.0 Å². The van der Waals surface area contributed by atoms with E-state index >= 15 is 0 Å². The number of amides is 1. The van der Waals surface area contributed by atoms with Gasteiger partial charge in [0.25, 0.3) is 0 Å². The number of Topliss-reactive ketones (excluding diaryl/α,β-unsaturated/α-hetero) is 1. The summed E-state index contributed by atoms with van der Waals surface area (Å²) in [6.07, 6.45) is 0.569. The zero-order valence-corrected chi connectivity index (χ0v) is 14.1. The van der Waals surface area contributed by atoms with Crippen LogP contribution in [0.1, 0.15) is 35.7 Å². The van der Waals surface area contributed by atoms with Crippen LogP contribution in [-0.4, -0.2) is 29.9 Å². The Balaban J connectivity index is 1.91. The van der Waals surface area contributed by atoms with Crippen LogP contribution in [0.5, 0.6) is 0 Å². The molecule has 0 radical (unpaired) electrons. The SMILES string of the molecule is CCC(CC(=O)c1ccccc1)N(C)C(=O)OCc1ccccc1. The number of ether oxygens (including phenoxy) is 1. The van der Waals surface area contributed by atoms with E-state index in [2.05, 4.69) is 0 Å². The first-order valence-electron chi connectivity index (χ1n) is 8.13. The fraction of sp³-hybridized carbons (Fsp3) is 0.300. The van der Waals surface area contributed by atoms with Gasteiger partial charge in [-0.05, 0) is 12.0 Å². The van der Waals surface area contributed by atoms with Crippen molar-refractivity contribution in [1.29, 1.82) is 0 Å². The van der Waals surface area contributed by atoms with Crippen molar-refractivity contribution in [3.63, 3.8) is 0 Å². The molecular formula is C20H23NO3. The van der Waals surface area contributed by atoms with E-state index < -0.39 is 6.09 Å². The summed E-state index contributed by atoms with van der Waals surface area (Å²) in [4.78, 5) is 26.1. The van der Waals surface area contributed by atoms with Crippen LogP contribution in [0.25, 0.3) is 0 Å². The monoisotopic (exact) mass is 325 g/mol. The van der Waals surface area contributed by atoms with Gasteiger partial charge in [0.1, 0.15) is 6.61 Å². The lowest BCUT2D eigenvalue weighted by atomic mass is 10.0. The van der Waals surface area contributed by atoms with Gasteiger partial charge in [0, 0.05) is 25.1 Å². The minimum Gasteiger partial charge on any atom is -0.445 e. The molecular weight excluding hydrogens is 302 g/mol. The van der Waals surface area contributed by atoms with E-state index in [0.717, 1.165) is 5.56 Å². The van der Waals surface area contributed by atoms with Crippen LogP contribution in [-0.2, 0) is 11.3 Å². The molecule has 1 unspecified atom stereocenters. The van der Waals surface area contributed by atoms with Crippen LogP contribution in [0, 0.1) is 0 Å². The molecule has 0 fully saturated rings. The highest BCUT2D eigenvalue weighted by atomic mass is 16.6. The van der Waals surface area contributed by atoms with Gasteiger partial charge in [-0.2, -0.15) is 0 Å². The number of carbonyl (C=O) groups excluding carboxylic acids is 2. The Morgan fingerprint density at radius 1 is 1.00 bits per heavy atom. The van der Waals surface area contributed by atoms with Crippen LogP contribution in [0.3, 0.4) is 0 Å². The molecule has 0 bridgehead atoms. The molecule has 2 rings (SSSR count). The van der Waals surface area contributed by atoms with E-state index in [-0.39, 0.29) is 24.9 Å². The van der Waals surface area contributed by atoms with E-state index in [1.807, 2.05) is 55.5 Å². The second kappa shape index (κ2) is 8.87. The average molecular weight is 325 g/mol. The summed E-state index contributed by atoms with van der Waals surface area (Å²) >= 11 is 0. The van der Waals surface area contributed by atoms with E-state index in [1.54, 1.807) is 19.2 Å². The fourth-order valence-corrected chi connectivity index (χ4v) is 2.48. The van der Waals surface area contributed by atoms with Crippen molar-refractivity contribution in [2.45, 2.75) is 32.4 Å². The second-order valence-corrected chi connectivity index (χ2v) is 5.71. The third-order valence-corrected chi connectivity index (χ3v) is 4.03. The quantitative estimate of drug-likeness (QED) is 0.713. The van der Waals surface area contributed by atoms with Crippen molar-refractivity contribution in [2.75, 3.05) is 7.05 Å². The minimum absolute atomic E-state index is 0.0326. The molecule has 0 saturated heterocycles. The summed E-state index contributed by atoms with van der Waals surface area (Å²) < 4.78 is 5.34. The predicted octanol–water partition coefficient (Wildman–Crippen LogP) is 4.31. The van der Waals surface area contributed by atoms with E-state index in [4.69, 9.17) is 4.74 Å². The predicted molar refractivity (Wildman–Crippen MR) is 93.9 cm³/mol. The van der Waals surface area contributed by atoms with Gasteiger partial charge >= 0.3 is 6.09 Å². The van der Waals surface area contributed by atoms with Crippen LogP contribution in [0.15, 0.2) is 60.7 Å². The van der Waals surface area contributed by atoms with Gasteiger partial charge in [0.05, 0.1) is 0 Å². The summed E-state index contributed by atoms with van der Waals surface area (Å²) in [5, 5.41) is 0. The van der Waals surface area contributed by atoms with Gasteiger partial charge < -0.3 is 9.64 Å². The first-order chi connectivity index (χ1) is 11.6. The van der Waals surface area contributed by atoms with Crippen LogP contribution in [0.2, 0.25) is 0 Å². The van der Waals surface area contributed by atoms with Gasteiger partial charge in [-0.15, -0.1) is 0 Å². The molecule has 4 nitrogen and oxygen atoms in total. The molecule has 0 aliphatic heterocycles. The summed E-state index contributed by atoms with van der Waals surface area (Å²) in [6, 6.07) is 18.5. The molecule has 0 aromatic heterocycles.